The first-order valence-corrected chi connectivity index (χ1v) is 7.47. The monoisotopic (exact) mass is 334 g/mol. The van der Waals surface area contributed by atoms with E-state index in [1.54, 1.807) is 24.4 Å². The molecule has 0 spiro atoms. The van der Waals surface area contributed by atoms with Crippen LogP contribution in [0.5, 0.6) is 0 Å². The number of amides is 1. The topological polar surface area (TPSA) is 79.2 Å². The minimum Gasteiger partial charge on any atom is -0.451 e. The molecule has 112 valence electrons. The van der Waals surface area contributed by atoms with E-state index in [9.17, 15) is 9.59 Å². The molecule has 22 heavy (non-hydrogen) atoms. The number of benzene rings is 1. The number of thiophene rings is 1. The highest BCUT2D eigenvalue weighted by atomic mass is 35.5. The molecular weight excluding hydrogens is 324 g/mol. The minimum absolute atomic E-state index is 0.242. The van der Waals surface area contributed by atoms with E-state index >= 15 is 0 Å². The molecule has 5 nitrogen and oxygen atoms in total. The molecule has 1 aromatic carbocycles. The number of aryl methyl sites for hydroxylation is 1. The number of nitriles is 1. The molecule has 2 aromatic rings. The van der Waals surface area contributed by atoms with Crippen molar-refractivity contribution in [3.05, 3.63) is 50.7 Å². The number of carbonyl (C=O) groups is 2. The van der Waals surface area contributed by atoms with Crippen LogP contribution < -0.4 is 5.32 Å². The minimum atomic E-state index is -0.527. The first kappa shape index (κ1) is 16.0. The lowest BCUT2D eigenvalue weighted by Gasteiger charge is -2.07. The predicted octanol–water partition coefficient (Wildman–Crippen LogP) is 3.38. The van der Waals surface area contributed by atoms with Crippen molar-refractivity contribution in [3.8, 4) is 6.07 Å². The summed E-state index contributed by atoms with van der Waals surface area (Å²) in [4.78, 5) is 24.0. The second kappa shape index (κ2) is 7.07. The van der Waals surface area contributed by atoms with Gasteiger partial charge in [-0.15, -0.1) is 11.3 Å². The summed E-state index contributed by atoms with van der Waals surface area (Å²) in [5.41, 5.74) is 1.56. The average molecular weight is 335 g/mol. The summed E-state index contributed by atoms with van der Waals surface area (Å²) in [5.74, 6) is -1.01. The number of nitrogens with zero attached hydrogens (tertiary/aromatic N) is 1. The van der Waals surface area contributed by atoms with Crippen molar-refractivity contribution in [2.45, 2.75) is 6.92 Å². The summed E-state index contributed by atoms with van der Waals surface area (Å²) in [6.45, 7) is 1.40. The molecule has 1 aromatic heterocycles. The van der Waals surface area contributed by atoms with Gasteiger partial charge in [-0.2, -0.15) is 5.26 Å². The van der Waals surface area contributed by atoms with Gasteiger partial charge in [0.25, 0.3) is 5.91 Å². The second-order valence-electron chi connectivity index (χ2n) is 4.36. The van der Waals surface area contributed by atoms with Crippen LogP contribution in [0.4, 0.5) is 5.69 Å². The standard InChI is InChI=1S/C15H11ClN2O3S/c1-9-4-5-22-14(9)15(20)21-8-13(19)18-11-3-2-10(7-17)12(16)6-11/h2-6H,8H2,1H3,(H,18,19). The quantitative estimate of drug-likeness (QED) is 0.869. The number of carbonyl (C=O) groups excluding carboxylic acids is 2. The largest absolute Gasteiger partial charge is 0.451 e. The van der Waals surface area contributed by atoms with E-state index in [2.05, 4.69) is 5.32 Å². The van der Waals surface area contributed by atoms with Gasteiger partial charge in [-0.3, -0.25) is 4.79 Å². The van der Waals surface area contributed by atoms with Crippen LogP contribution in [0.1, 0.15) is 20.8 Å². The lowest BCUT2D eigenvalue weighted by atomic mass is 10.2. The third-order valence-electron chi connectivity index (χ3n) is 2.76. The van der Waals surface area contributed by atoms with Gasteiger partial charge in [-0.05, 0) is 42.1 Å². The van der Waals surface area contributed by atoms with E-state index in [1.165, 1.54) is 23.5 Å². The van der Waals surface area contributed by atoms with Crippen LogP contribution >= 0.6 is 22.9 Å². The molecule has 2 rings (SSSR count). The van der Waals surface area contributed by atoms with Crippen LogP contribution in [0, 0.1) is 18.3 Å². The molecule has 0 aliphatic heterocycles. The lowest BCUT2D eigenvalue weighted by molar-refractivity contribution is -0.119. The van der Waals surface area contributed by atoms with Crippen molar-refractivity contribution >= 4 is 40.5 Å². The second-order valence-corrected chi connectivity index (χ2v) is 5.69. The lowest BCUT2D eigenvalue weighted by Crippen LogP contribution is -2.20. The first-order valence-electron chi connectivity index (χ1n) is 6.22. The smallest absolute Gasteiger partial charge is 0.349 e. The highest BCUT2D eigenvalue weighted by Gasteiger charge is 2.14. The van der Waals surface area contributed by atoms with Crippen LogP contribution in [0.15, 0.2) is 29.6 Å². The van der Waals surface area contributed by atoms with Gasteiger partial charge in [0.15, 0.2) is 6.61 Å². The molecule has 7 heteroatoms. The van der Waals surface area contributed by atoms with Crippen LogP contribution in [-0.4, -0.2) is 18.5 Å². The van der Waals surface area contributed by atoms with Crippen LogP contribution in [0.2, 0.25) is 5.02 Å². The maximum atomic E-state index is 11.8. The Morgan fingerprint density at radius 1 is 1.41 bits per heavy atom. The maximum absolute atomic E-state index is 11.8. The Morgan fingerprint density at radius 2 is 2.18 bits per heavy atom. The van der Waals surface area contributed by atoms with Crippen molar-refractivity contribution in [2.75, 3.05) is 11.9 Å². The molecule has 0 radical (unpaired) electrons. The molecule has 0 aliphatic rings. The number of hydrogen-bond donors (Lipinski definition) is 1. The van der Waals surface area contributed by atoms with Crippen LogP contribution in [0.3, 0.4) is 0 Å². The van der Waals surface area contributed by atoms with Gasteiger partial charge in [-0.1, -0.05) is 11.6 Å². The van der Waals surface area contributed by atoms with Gasteiger partial charge in [0.1, 0.15) is 10.9 Å². The molecule has 1 N–H and O–H groups in total. The number of rotatable bonds is 4. The van der Waals surface area contributed by atoms with Crippen molar-refractivity contribution in [1.82, 2.24) is 0 Å². The van der Waals surface area contributed by atoms with Crippen molar-refractivity contribution in [3.63, 3.8) is 0 Å². The van der Waals surface area contributed by atoms with Gasteiger partial charge in [0.05, 0.1) is 10.6 Å². The molecular formula is C15H11ClN2O3S. The number of nitrogens with one attached hydrogen (secondary N) is 1. The van der Waals surface area contributed by atoms with Crippen molar-refractivity contribution in [1.29, 1.82) is 5.26 Å². The van der Waals surface area contributed by atoms with Gasteiger partial charge >= 0.3 is 5.97 Å². The summed E-state index contributed by atoms with van der Waals surface area (Å²) in [7, 11) is 0. The number of hydrogen-bond acceptors (Lipinski definition) is 5. The fourth-order valence-corrected chi connectivity index (χ4v) is 2.70. The summed E-state index contributed by atoms with van der Waals surface area (Å²) in [6.07, 6.45) is 0. The molecule has 0 saturated heterocycles. The predicted molar refractivity (Wildman–Crippen MR) is 84.1 cm³/mol. The summed E-state index contributed by atoms with van der Waals surface area (Å²) in [6, 6.07) is 8.24. The Labute approximate surface area is 136 Å². The molecule has 0 atom stereocenters. The van der Waals surface area contributed by atoms with E-state index in [-0.39, 0.29) is 5.02 Å². The Kier molecular flexibility index (Phi) is 5.15. The highest BCUT2D eigenvalue weighted by Crippen LogP contribution is 2.20. The van der Waals surface area contributed by atoms with Gasteiger partial charge in [-0.25, -0.2) is 4.79 Å². The third-order valence-corrected chi connectivity index (χ3v) is 4.06. The van der Waals surface area contributed by atoms with E-state index in [4.69, 9.17) is 21.6 Å². The number of halogens is 1. The zero-order valence-electron chi connectivity index (χ0n) is 11.6. The summed E-state index contributed by atoms with van der Waals surface area (Å²) < 4.78 is 4.95. The Bertz CT molecular complexity index is 764. The van der Waals surface area contributed by atoms with E-state index < -0.39 is 18.5 Å². The SMILES string of the molecule is Cc1ccsc1C(=O)OCC(=O)Nc1ccc(C#N)c(Cl)c1. The Hall–Kier alpha value is -2.36. The van der Waals surface area contributed by atoms with Gasteiger partial charge in [0, 0.05) is 5.69 Å². The molecule has 1 heterocycles. The summed E-state index contributed by atoms with van der Waals surface area (Å²) in [5, 5.41) is 13.3. The Morgan fingerprint density at radius 3 is 2.77 bits per heavy atom. The van der Waals surface area contributed by atoms with Gasteiger partial charge in [0.2, 0.25) is 0 Å². The molecule has 0 aliphatic carbocycles. The Balaban J connectivity index is 1.91. The third kappa shape index (κ3) is 3.85. The zero-order chi connectivity index (χ0) is 16.1. The zero-order valence-corrected chi connectivity index (χ0v) is 13.1. The van der Waals surface area contributed by atoms with E-state index in [1.807, 2.05) is 6.07 Å². The summed E-state index contributed by atoms with van der Waals surface area (Å²) >= 11 is 7.13. The molecule has 0 bridgehead atoms. The number of esters is 1. The highest BCUT2D eigenvalue weighted by molar-refractivity contribution is 7.12. The normalized spacial score (nSPS) is 9.86. The average Bonchev–Trinajstić information content (AvgIpc) is 2.91. The molecule has 0 saturated carbocycles. The van der Waals surface area contributed by atoms with Crippen molar-refractivity contribution < 1.29 is 14.3 Å². The number of anilines is 1. The molecule has 0 unspecified atom stereocenters. The maximum Gasteiger partial charge on any atom is 0.349 e. The fourth-order valence-electron chi connectivity index (χ4n) is 1.66. The van der Waals surface area contributed by atoms with Crippen molar-refractivity contribution in [2.24, 2.45) is 0 Å². The van der Waals surface area contributed by atoms with E-state index in [0.717, 1.165) is 5.56 Å². The van der Waals surface area contributed by atoms with Crippen LogP contribution in [0.25, 0.3) is 0 Å². The number of ether oxygens (including phenoxy) is 1. The van der Waals surface area contributed by atoms with Gasteiger partial charge < -0.3 is 10.1 Å². The fraction of sp³-hybridized carbons (Fsp3) is 0.133. The molecule has 1 amide bonds. The molecule has 0 fully saturated rings. The van der Waals surface area contributed by atoms with Crippen LogP contribution in [-0.2, 0) is 9.53 Å². The first-order chi connectivity index (χ1) is 10.5. The van der Waals surface area contributed by atoms with E-state index in [0.29, 0.717) is 16.1 Å².